The molecule has 1 amide bonds. The molecule has 0 atom stereocenters. The monoisotopic (exact) mass is 308 g/mol. The lowest BCUT2D eigenvalue weighted by molar-refractivity contribution is -0.134. The van der Waals surface area contributed by atoms with E-state index in [1.54, 1.807) is 4.90 Å². The Labute approximate surface area is 125 Å². The number of fused-ring (bicyclic) bond motifs is 1. The van der Waals surface area contributed by atoms with E-state index in [-0.39, 0.29) is 18.3 Å². The number of aryl methyl sites for hydroxylation is 1. The lowest BCUT2D eigenvalue weighted by atomic mass is 10.3. The molecule has 3 rings (SSSR count). The SMILES string of the molecule is Cc1nnc2n1CCN(C(=O)COc1ccc(F)cc1F)C2. The molecule has 22 heavy (non-hydrogen) atoms. The third-order valence-electron chi connectivity index (χ3n) is 3.54. The molecule has 1 aromatic carbocycles. The number of hydrogen-bond acceptors (Lipinski definition) is 4. The maximum atomic E-state index is 13.4. The van der Waals surface area contributed by atoms with Crippen LogP contribution in [-0.4, -0.2) is 38.7 Å². The van der Waals surface area contributed by atoms with E-state index >= 15 is 0 Å². The largest absolute Gasteiger partial charge is 0.481 e. The van der Waals surface area contributed by atoms with Crippen LogP contribution < -0.4 is 4.74 Å². The molecule has 0 radical (unpaired) electrons. The molecule has 0 bridgehead atoms. The summed E-state index contributed by atoms with van der Waals surface area (Å²) in [7, 11) is 0. The van der Waals surface area contributed by atoms with Crippen molar-refractivity contribution in [1.29, 1.82) is 0 Å². The fraction of sp³-hybridized carbons (Fsp3) is 0.357. The number of rotatable bonds is 3. The molecule has 0 unspecified atom stereocenters. The zero-order valence-corrected chi connectivity index (χ0v) is 11.9. The van der Waals surface area contributed by atoms with Gasteiger partial charge in [-0.2, -0.15) is 0 Å². The van der Waals surface area contributed by atoms with Gasteiger partial charge in [0.2, 0.25) is 0 Å². The summed E-state index contributed by atoms with van der Waals surface area (Å²) in [5, 5.41) is 7.97. The summed E-state index contributed by atoms with van der Waals surface area (Å²) in [5.74, 6) is -0.429. The molecule has 0 N–H and O–H groups in total. The maximum Gasteiger partial charge on any atom is 0.260 e. The highest BCUT2D eigenvalue weighted by Gasteiger charge is 2.23. The van der Waals surface area contributed by atoms with E-state index in [0.29, 0.717) is 31.5 Å². The molecule has 1 aliphatic rings. The van der Waals surface area contributed by atoms with Crippen molar-refractivity contribution >= 4 is 5.91 Å². The van der Waals surface area contributed by atoms with Crippen LogP contribution in [0.3, 0.4) is 0 Å². The van der Waals surface area contributed by atoms with Crippen LogP contribution >= 0.6 is 0 Å². The van der Waals surface area contributed by atoms with Crippen LogP contribution in [0.15, 0.2) is 18.2 Å². The molecule has 2 heterocycles. The van der Waals surface area contributed by atoms with Crippen LogP contribution in [0.5, 0.6) is 5.75 Å². The smallest absolute Gasteiger partial charge is 0.260 e. The Hall–Kier alpha value is -2.51. The second-order valence-electron chi connectivity index (χ2n) is 4.99. The number of nitrogens with zero attached hydrogens (tertiary/aromatic N) is 4. The first kappa shape index (κ1) is 14.4. The number of aromatic nitrogens is 3. The minimum Gasteiger partial charge on any atom is -0.481 e. The lowest BCUT2D eigenvalue weighted by Gasteiger charge is -2.27. The predicted octanol–water partition coefficient (Wildman–Crippen LogP) is 1.29. The fourth-order valence-corrected chi connectivity index (χ4v) is 2.34. The summed E-state index contributed by atoms with van der Waals surface area (Å²) < 4.78 is 33.3. The summed E-state index contributed by atoms with van der Waals surface area (Å²) in [6.45, 7) is 3.02. The van der Waals surface area contributed by atoms with Crippen molar-refractivity contribution in [3.63, 3.8) is 0 Å². The molecule has 1 aromatic heterocycles. The Morgan fingerprint density at radius 3 is 2.91 bits per heavy atom. The van der Waals surface area contributed by atoms with Crippen molar-refractivity contribution in [3.05, 3.63) is 41.5 Å². The van der Waals surface area contributed by atoms with Crippen LogP contribution in [0.1, 0.15) is 11.6 Å². The van der Waals surface area contributed by atoms with E-state index in [9.17, 15) is 13.6 Å². The highest BCUT2D eigenvalue weighted by molar-refractivity contribution is 5.77. The van der Waals surface area contributed by atoms with Gasteiger partial charge in [0.25, 0.3) is 5.91 Å². The Morgan fingerprint density at radius 1 is 1.32 bits per heavy atom. The Bertz CT molecular complexity index is 717. The number of halogens is 2. The Balaban J connectivity index is 1.61. The molecule has 1 aliphatic heterocycles. The van der Waals surface area contributed by atoms with Crippen LogP contribution in [0.2, 0.25) is 0 Å². The van der Waals surface area contributed by atoms with Gasteiger partial charge in [0.05, 0.1) is 6.54 Å². The van der Waals surface area contributed by atoms with Gasteiger partial charge in [-0.15, -0.1) is 10.2 Å². The van der Waals surface area contributed by atoms with Gasteiger partial charge in [0.1, 0.15) is 11.6 Å². The van der Waals surface area contributed by atoms with Gasteiger partial charge in [-0.25, -0.2) is 8.78 Å². The van der Waals surface area contributed by atoms with Crippen molar-refractivity contribution in [3.8, 4) is 5.75 Å². The fourth-order valence-electron chi connectivity index (χ4n) is 2.34. The number of ether oxygens (including phenoxy) is 1. The highest BCUT2D eigenvalue weighted by Crippen LogP contribution is 2.18. The second kappa shape index (κ2) is 5.70. The van der Waals surface area contributed by atoms with Crippen LogP contribution in [-0.2, 0) is 17.9 Å². The molecule has 2 aromatic rings. The number of carbonyl (C=O) groups is 1. The molecule has 0 saturated carbocycles. The first-order chi connectivity index (χ1) is 10.5. The Kier molecular flexibility index (Phi) is 3.74. The number of amides is 1. The second-order valence-corrected chi connectivity index (χ2v) is 4.99. The molecular formula is C14H14F2N4O2. The van der Waals surface area contributed by atoms with Crippen molar-refractivity contribution < 1.29 is 18.3 Å². The molecule has 0 aliphatic carbocycles. The Morgan fingerprint density at radius 2 is 2.14 bits per heavy atom. The maximum absolute atomic E-state index is 13.4. The molecule has 8 heteroatoms. The van der Waals surface area contributed by atoms with Crippen molar-refractivity contribution in [2.75, 3.05) is 13.2 Å². The van der Waals surface area contributed by atoms with Gasteiger partial charge in [-0.1, -0.05) is 0 Å². The van der Waals surface area contributed by atoms with Gasteiger partial charge in [-0.05, 0) is 19.1 Å². The first-order valence-electron chi connectivity index (χ1n) is 6.79. The third-order valence-corrected chi connectivity index (χ3v) is 3.54. The summed E-state index contributed by atoms with van der Waals surface area (Å²) in [5.41, 5.74) is 0. The zero-order valence-electron chi connectivity index (χ0n) is 11.9. The number of carbonyl (C=O) groups excluding carboxylic acids is 1. The standard InChI is InChI=1S/C14H14F2N4O2/c1-9-17-18-13-7-19(4-5-20(9)13)14(21)8-22-12-3-2-10(15)6-11(12)16/h2-3,6H,4-5,7-8H2,1H3. The summed E-state index contributed by atoms with van der Waals surface area (Å²) in [6, 6.07) is 2.95. The van der Waals surface area contributed by atoms with Crippen LogP contribution in [0, 0.1) is 18.6 Å². The van der Waals surface area contributed by atoms with E-state index in [4.69, 9.17) is 4.74 Å². The average Bonchev–Trinajstić information content (AvgIpc) is 2.87. The number of hydrogen-bond donors (Lipinski definition) is 0. The highest BCUT2D eigenvalue weighted by atomic mass is 19.1. The van der Waals surface area contributed by atoms with Gasteiger partial charge in [0.15, 0.2) is 24.0 Å². The molecule has 0 spiro atoms. The summed E-state index contributed by atoms with van der Waals surface area (Å²) in [6.07, 6.45) is 0. The van der Waals surface area contributed by atoms with Crippen molar-refractivity contribution in [2.45, 2.75) is 20.0 Å². The van der Waals surface area contributed by atoms with Crippen LogP contribution in [0.25, 0.3) is 0 Å². The molecule has 6 nitrogen and oxygen atoms in total. The number of benzene rings is 1. The van der Waals surface area contributed by atoms with Crippen molar-refractivity contribution in [1.82, 2.24) is 19.7 Å². The average molecular weight is 308 g/mol. The molecule has 0 saturated heterocycles. The van der Waals surface area contributed by atoms with Gasteiger partial charge in [0, 0.05) is 19.2 Å². The van der Waals surface area contributed by atoms with Gasteiger partial charge < -0.3 is 14.2 Å². The van der Waals surface area contributed by atoms with E-state index in [2.05, 4.69) is 10.2 Å². The van der Waals surface area contributed by atoms with E-state index in [0.717, 1.165) is 18.0 Å². The minimum atomic E-state index is -0.832. The molecular weight excluding hydrogens is 294 g/mol. The van der Waals surface area contributed by atoms with E-state index in [1.807, 2.05) is 11.5 Å². The minimum absolute atomic E-state index is 0.147. The predicted molar refractivity (Wildman–Crippen MR) is 72.0 cm³/mol. The topological polar surface area (TPSA) is 60.2 Å². The molecule has 0 fully saturated rings. The summed E-state index contributed by atoms with van der Waals surface area (Å²) >= 11 is 0. The van der Waals surface area contributed by atoms with E-state index in [1.165, 1.54) is 0 Å². The summed E-state index contributed by atoms with van der Waals surface area (Å²) in [4.78, 5) is 13.7. The van der Waals surface area contributed by atoms with Gasteiger partial charge in [-0.3, -0.25) is 4.79 Å². The van der Waals surface area contributed by atoms with E-state index < -0.39 is 11.6 Å². The van der Waals surface area contributed by atoms with Gasteiger partial charge >= 0.3 is 0 Å². The first-order valence-corrected chi connectivity index (χ1v) is 6.79. The quantitative estimate of drug-likeness (QED) is 0.857. The zero-order chi connectivity index (χ0) is 15.7. The third kappa shape index (κ3) is 2.76. The van der Waals surface area contributed by atoms with Crippen molar-refractivity contribution in [2.24, 2.45) is 0 Å². The van der Waals surface area contributed by atoms with Crippen LogP contribution in [0.4, 0.5) is 8.78 Å². The molecule has 116 valence electrons. The normalized spacial score (nSPS) is 13.9. The lowest BCUT2D eigenvalue weighted by Crippen LogP contribution is -2.41.